The number of hydrogen-bond acceptors (Lipinski definition) is 3. The number of carbonyl (C=O) groups is 1. The largest absolute Gasteiger partial charge is 0.394 e. The monoisotopic (exact) mass is 365 g/mol. The minimum atomic E-state index is -0.528. The van der Waals surface area contributed by atoms with Crippen molar-refractivity contribution in [3.05, 3.63) is 41.5 Å². The van der Waals surface area contributed by atoms with Gasteiger partial charge in [-0.1, -0.05) is 43.2 Å². The molecule has 2 fully saturated rings. The number of benzene rings is 1. The van der Waals surface area contributed by atoms with Crippen molar-refractivity contribution >= 4 is 11.6 Å². The third-order valence-corrected chi connectivity index (χ3v) is 6.36. The van der Waals surface area contributed by atoms with E-state index in [2.05, 4.69) is 41.7 Å². The first-order valence-corrected chi connectivity index (χ1v) is 10.1. The Morgan fingerprint density at radius 2 is 1.96 bits per heavy atom. The van der Waals surface area contributed by atoms with Gasteiger partial charge in [-0.2, -0.15) is 5.26 Å². The third kappa shape index (κ3) is 3.35. The van der Waals surface area contributed by atoms with Gasteiger partial charge in [0.15, 0.2) is 0 Å². The van der Waals surface area contributed by atoms with Crippen molar-refractivity contribution in [3.8, 4) is 6.07 Å². The van der Waals surface area contributed by atoms with E-state index >= 15 is 0 Å². The number of nitrogens with one attached hydrogen (secondary N) is 1. The van der Waals surface area contributed by atoms with Crippen LogP contribution in [0.1, 0.15) is 62.0 Å². The summed E-state index contributed by atoms with van der Waals surface area (Å²) in [6.07, 6.45) is 10.1. The second-order valence-corrected chi connectivity index (χ2v) is 7.93. The molecule has 4 rings (SSSR count). The Kier molecular flexibility index (Phi) is 5.18. The number of nitrogens with zero attached hydrogens (tertiary/aromatic N) is 2. The van der Waals surface area contributed by atoms with Crippen LogP contribution in [-0.2, 0) is 0 Å². The highest BCUT2D eigenvalue weighted by Crippen LogP contribution is 2.41. The molecule has 1 aromatic carbocycles. The van der Waals surface area contributed by atoms with E-state index < -0.39 is 6.04 Å². The van der Waals surface area contributed by atoms with E-state index in [0.717, 1.165) is 44.1 Å². The molecular weight excluding hydrogens is 338 g/mol. The van der Waals surface area contributed by atoms with Crippen molar-refractivity contribution in [2.24, 2.45) is 0 Å². The lowest BCUT2D eigenvalue weighted by atomic mass is 9.75. The van der Waals surface area contributed by atoms with E-state index in [1.54, 1.807) is 0 Å². The van der Waals surface area contributed by atoms with E-state index in [1.165, 1.54) is 22.5 Å². The molecule has 5 nitrogen and oxygen atoms in total. The summed E-state index contributed by atoms with van der Waals surface area (Å²) in [5, 5.41) is 22.6. The number of urea groups is 1. The zero-order valence-electron chi connectivity index (χ0n) is 15.6. The maximum Gasteiger partial charge on any atom is 0.319 e. The minimum absolute atomic E-state index is 0.131. The van der Waals surface area contributed by atoms with Gasteiger partial charge in [0.1, 0.15) is 6.04 Å². The highest BCUT2D eigenvalue weighted by atomic mass is 16.3. The molecular formula is C22H27N3O2. The average Bonchev–Trinajstić information content (AvgIpc) is 3.36. The molecule has 0 bridgehead atoms. The van der Waals surface area contributed by atoms with E-state index in [1.807, 2.05) is 0 Å². The number of rotatable bonds is 4. The molecule has 2 N–H and O–H groups in total. The molecule has 27 heavy (non-hydrogen) atoms. The Morgan fingerprint density at radius 3 is 2.56 bits per heavy atom. The van der Waals surface area contributed by atoms with Crippen LogP contribution >= 0.6 is 0 Å². The molecule has 0 radical (unpaired) electrons. The van der Waals surface area contributed by atoms with Crippen molar-refractivity contribution in [1.82, 2.24) is 10.2 Å². The first-order chi connectivity index (χ1) is 13.2. The summed E-state index contributed by atoms with van der Waals surface area (Å²) < 4.78 is 0. The van der Waals surface area contributed by atoms with Gasteiger partial charge in [-0.3, -0.25) is 0 Å². The van der Waals surface area contributed by atoms with E-state index in [-0.39, 0.29) is 30.6 Å². The predicted octanol–water partition coefficient (Wildman–Crippen LogP) is 3.56. The Bertz CT molecular complexity index is 759. The smallest absolute Gasteiger partial charge is 0.319 e. The van der Waals surface area contributed by atoms with Crippen LogP contribution in [-0.4, -0.2) is 40.8 Å². The summed E-state index contributed by atoms with van der Waals surface area (Å²) in [5.41, 5.74) is 3.65. The second-order valence-electron chi connectivity index (χ2n) is 7.93. The molecule has 0 spiro atoms. The molecule has 2 aliphatic carbocycles. The summed E-state index contributed by atoms with van der Waals surface area (Å²) in [5.74, 6) is -0.138. The van der Waals surface area contributed by atoms with Gasteiger partial charge in [-0.25, -0.2) is 4.79 Å². The number of amides is 2. The molecule has 5 heteroatoms. The van der Waals surface area contributed by atoms with Crippen molar-refractivity contribution in [3.63, 3.8) is 0 Å². The molecule has 1 saturated heterocycles. The molecule has 142 valence electrons. The number of aliphatic hydroxyl groups excluding tert-OH is 1. The third-order valence-electron chi connectivity index (χ3n) is 6.36. The van der Waals surface area contributed by atoms with Crippen molar-refractivity contribution < 1.29 is 9.90 Å². The van der Waals surface area contributed by atoms with Gasteiger partial charge < -0.3 is 15.3 Å². The van der Waals surface area contributed by atoms with Crippen LogP contribution < -0.4 is 5.32 Å². The summed E-state index contributed by atoms with van der Waals surface area (Å²) in [7, 11) is 0. The number of likely N-dealkylation sites (tertiary alicyclic amines) is 1. The highest BCUT2D eigenvalue weighted by Gasteiger charge is 2.52. The summed E-state index contributed by atoms with van der Waals surface area (Å²) in [6, 6.07) is 9.73. The SMILES string of the molecule is N#C[C@H]1[C@@H](c2ccc(C3=CCCC3)cc2)[C@H](CO)N1C(=O)NC1CCCC1. The Hall–Kier alpha value is -2.32. The average molecular weight is 365 g/mol. The fraction of sp³-hybridized carbons (Fsp3) is 0.545. The van der Waals surface area contributed by atoms with E-state index in [4.69, 9.17) is 0 Å². The van der Waals surface area contributed by atoms with E-state index in [0.29, 0.717) is 0 Å². The number of hydrogen-bond donors (Lipinski definition) is 2. The normalized spacial score (nSPS) is 27.8. The Balaban J connectivity index is 1.49. The fourth-order valence-corrected chi connectivity index (χ4v) is 4.86. The number of nitriles is 1. The standard InChI is InChI=1S/C22H27N3O2/c23-13-19-21(17-11-9-16(10-12-17)15-5-1-2-6-15)20(14-26)25(19)22(27)24-18-7-3-4-8-18/h5,9-12,18-21,26H,1-4,6-8,14H2,(H,24,27)/t19-,20-,21+/m0/s1. The lowest BCUT2D eigenvalue weighted by molar-refractivity contribution is 0.0158. The van der Waals surface area contributed by atoms with Crippen molar-refractivity contribution in [2.75, 3.05) is 6.61 Å². The molecule has 0 aromatic heterocycles. The van der Waals surface area contributed by atoms with Crippen LogP contribution in [0.4, 0.5) is 4.79 Å². The van der Waals surface area contributed by atoms with Crippen LogP contribution in [0, 0.1) is 11.3 Å². The molecule has 3 aliphatic rings. The van der Waals surface area contributed by atoms with Crippen molar-refractivity contribution in [2.45, 2.75) is 69.0 Å². The maximum absolute atomic E-state index is 12.7. The first kappa shape index (κ1) is 18.1. The highest BCUT2D eigenvalue weighted by molar-refractivity contribution is 5.78. The van der Waals surface area contributed by atoms with Crippen LogP contribution in [0.3, 0.4) is 0 Å². The van der Waals surface area contributed by atoms with Gasteiger partial charge >= 0.3 is 6.03 Å². The van der Waals surface area contributed by atoms with Crippen LogP contribution in [0.2, 0.25) is 0 Å². The van der Waals surface area contributed by atoms with Gasteiger partial charge in [0.25, 0.3) is 0 Å². The number of carbonyl (C=O) groups excluding carboxylic acids is 1. The molecule has 2 amide bonds. The lowest BCUT2D eigenvalue weighted by Gasteiger charge is -2.51. The van der Waals surface area contributed by atoms with Crippen LogP contribution in [0.15, 0.2) is 30.3 Å². The summed E-state index contributed by atoms with van der Waals surface area (Å²) in [4.78, 5) is 14.2. The molecule has 0 unspecified atom stereocenters. The molecule has 1 heterocycles. The van der Waals surface area contributed by atoms with Gasteiger partial charge in [0.05, 0.1) is 18.7 Å². The van der Waals surface area contributed by atoms with Crippen molar-refractivity contribution in [1.29, 1.82) is 5.26 Å². The number of allylic oxidation sites excluding steroid dienone is 2. The topological polar surface area (TPSA) is 76.4 Å². The van der Waals surface area contributed by atoms with E-state index in [9.17, 15) is 15.2 Å². The Labute approximate surface area is 160 Å². The minimum Gasteiger partial charge on any atom is -0.394 e. The second kappa shape index (κ2) is 7.74. The maximum atomic E-state index is 12.7. The number of aliphatic hydroxyl groups is 1. The van der Waals surface area contributed by atoms with Gasteiger partial charge in [0, 0.05) is 12.0 Å². The predicted molar refractivity (Wildman–Crippen MR) is 104 cm³/mol. The molecule has 1 aromatic rings. The zero-order chi connectivity index (χ0) is 18.8. The van der Waals surface area contributed by atoms with Gasteiger partial charge in [-0.05, 0) is 48.8 Å². The summed E-state index contributed by atoms with van der Waals surface area (Å²) in [6.45, 7) is -0.131. The quantitative estimate of drug-likeness (QED) is 0.856. The molecule has 1 saturated carbocycles. The Morgan fingerprint density at radius 1 is 1.22 bits per heavy atom. The zero-order valence-corrected chi connectivity index (χ0v) is 15.6. The lowest BCUT2D eigenvalue weighted by Crippen LogP contribution is -2.67. The fourth-order valence-electron chi connectivity index (χ4n) is 4.86. The molecule has 3 atom stereocenters. The van der Waals surface area contributed by atoms with Crippen LogP contribution in [0.5, 0.6) is 0 Å². The van der Waals surface area contributed by atoms with Gasteiger partial charge in [-0.15, -0.1) is 0 Å². The van der Waals surface area contributed by atoms with Crippen LogP contribution in [0.25, 0.3) is 5.57 Å². The first-order valence-electron chi connectivity index (χ1n) is 10.1. The van der Waals surface area contributed by atoms with Gasteiger partial charge in [0.2, 0.25) is 0 Å². The summed E-state index contributed by atoms with van der Waals surface area (Å²) >= 11 is 0. The molecule has 1 aliphatic heterocycles.